The Morgan fingerprint density at radius 1 is 0.369 bits per heavy atom. The Bertz CT molecular complexity index is 2130. The lowest BCUT2D eigenvalue weighted by Gasteiger charge is -2.49. The Morgan fingerprint density at radius 3 is 1.05 bits per heavy atom. The van der Waals surface area contributed by atoms with Crippen LogP contribution in [0, 0.1) is 5.92 Å². The number of ether oxygens (including phenoxy) is 7. The van der Waals surface area contributed by atoms with Gasteiger partial charge in [-0.25, -0.2) is 4.57 Å². The molecule has 0 radical (unpaired) electrons. The molecule has 24 nitrogen and oxygen atoms in total. The number of hydrogen-bond acceptors (Lipinski definition) is 23. The predicted molar refractivity (Wildman–Crippen MR) is 393 cm³/mol. The first-order chi connectivity index (χ1) is 49.7. The molecule has 0 spiro atoms. The Balaban J connectivity index is 1.70. The zero-order valence-electron chi connectivity index (χ0n) is 64.0. The second kappa shape index (κ2) is 58.9. The lowest BCUT2D eigenvalue weighted by Crippen LogP contribution is -2.69. The summed E-state index contributed by atoms with van der Waals surface area (Å²) >= 11 is 0. The fraction of sp³-hybridized carbons (Fsp3) is 0.962. The lowest BCUT2D eigenvalue weighted by atomic mass is 9.84. The fourth-order valence-electron chi connectivity index (χ4n) is 14.0. The third-order valence-corrected chi connectivity index (χ3v) is 21.8. The zero-order chi connectivity index (χ0) is 75.5. The van der Waals surface area contributed by atoms with Crippen molar-refractivity contribution in [3.63, 3.8) is 0 Å². The Morgan fingerprint density at radius 2 is 0.680 bits per heavy atom. The summed E-state index contributed by atoms with van der Waals surface area (Å²) in [5.74, 6) is -1.27. The number of carbonyl (C=O) groups excluding carboxylic acids is 3. The first-order valence-electron chi connectivity index (χ1n) is 41.2. The quantitative estimate of drug-likeness (QED) is 0.0117. The molecule has 1 saturated carbocycles. The number of unbranched alkanes of at least 4 members (excludes halogenated alkanes) is 40. The minimum atomic E-state index is -5.70. The van der Waals surface area contributed by atoms with Gasteiger partial charge in [-0.1, -0.05) is 304 Å². The Hall–Kier alpha value is -2.04. The van der Waals surface area contributed by atoms with E-state index in [2.05, 4.69) is 27.7 Å². The van der Waals surface area contributed by atoms with Gasteiger partial charge in [-0.2, -0.15) is 0 Å². The number of hydrogen-bond donors (Lipinski definition) is 11. The van der Waals surface area contributed by atoms with E-state index in [1.165, 1.54) is 180 Å². The molecule has 3 aliphatic rings. The fourth-order valence-corrected chi connectivity index (χ4v) is 15.0. The second-order valence-electron chi connectivity index (χ2n) is 30.1. The molecule has 103 heavy (non-hydrogen) atoms. The SMILES string of the molecule is CCCCCCCCCCCCCCCCCCCC(=O)OCC1OC(OC2C(O)C(O)C(O)C(OC3OC(CO)C(O)C(O)C3O)C2OP(=O)(O)OCC(COC(=O)CCCCCCCCC(C)CCCCCCCC)OC(=O)CCCCCCCCCCCCCCCCC)C(O)C(O)C1O. The molecule has 19 atom stereocenters. The molecule has 0 aromatic rings. The molecule has 2 aliphatic heterocycles. The van der Waals surface area contributed by atoms with Gasteiger partial charge in [-0.05, 0) is 25.2 Å². The summed E-state index contributed by atoms with van der Waals surface area (Å²) < 4.78 is 65.3. The van der Waals surface area contributed by atoms with Crippen LogP contribution >= 0.6 is 7.82 Å². The molecule has 25 heteroatoms. The summed E-state index contributed by atoms with van der Waals surface area (Å²) in [7, 11) is -5.70. The van der Waals surface area contributed by atoms with Crippen LogP contribution < -0.4 is 0 Å². The van der Waals surface area contributed by atoms with Gasteiger partial charge < -0.3 is 89.1 Å². The molecular weight excluding hydrogens is 1350 g/mol. The third kappa shape index (κ3) is 41.5. The van der Waals surface area contributed by atoms with Gasteiger partial charge in [0, 0.05) is 19.3 Å². The van der Waals surface area contributed by atoms with Crippen LogP contribution in [0.3, 0.4) is 0 Å². The maximum absolute atomic E-state index is 14.4. The van der Waals surface area contributed by atoms with Crippen LogP contribution in [0.25, 0.3) is 0 Å². The monoisotopic (exact) mass is 1500 g/mol. The molecule has 0 bridgehead atoms. The van der Waals surface area contributed by atoms with Gasteiger partial charge >= 0.3 is 25.7 Å². The molecule has 11 N–H and O–H groups in total. The molecule has 2 saturated heterocycles. The van der Waals surface area contributed by atoms with Crippen LogP contribution in [0.15, 0.2) is 0 Å². The molecule has 0 aromatic heterocycles. The standard InChI is InChI=1S/C78H147O24P/c1-5-8-11-14-17-19-21-23-25-26-28-29-31-33-35-41-47-52-63(81)95-57-61-66(84)68(86)73(91)78(99-61)101-75-71(89)69(87)70(88)74(100-77-72(90)67(85)65(83)60(54-79)98-77)76(75)102-103(92,93)96-56-59(97-64(82)53-48-43-36-34-32-30-27-24-22-20-18-15-12-9-6-2)55-94-62(80)51-46-42-38-37-40-45-50-58(4)49-44-39-16-13-10-7-3/h58-61,65-79,83-91H,5-57H2,1-4H3,(H,92,93). The number of carbonyl (C=O) groups is 3. The van der Waals surface area contributed by atoms with E-state index < -0.39 is 156 Å². The predicted octanol–water partition coefficient (Wildman–Crippen LogP) is 12.8. The first-order valence-corrected chi connectivity index (χ1v) is 42.7. The summed E-state index contributed by atoms with van der Waals surface area (Å²) in [5.41, 5.74) is 0. The smallest absolute Gasteiger partial charge is 0.463 e. The van der Waals surface area contributed by atoms with Gasteiger partial charge in [0.1, 0.15) is 98.7 Å². The zero-order valence-corrected chi connectivity index (χ0v) is 64.9. The summed E-state index contributed by atoms with van der Waals surface area (Å²) in [6, 6.07) is 0. The van der Waals surface area contributed by atoms with Crippen LogP contribution in [0.5, 0.6) is 0 Å². The number of phosphoric ester groups is 1. The molecule has 2 heterocycles. The van der Waals surface area contributed by atoms with E-state index in [9.17, 15) is 74.9 Å². The van der Waals surface area contributed by atoms with Crippen LogP contribution in [0.4, 0.5) is 0 Å². The highest BCUT2D eigenvalue weighted by Gasteiger charge is 2.58. The number of esters is 3. The molecule has 3 rings (SSSR count). The molecule has 3 fully saturated rings. The summed E-state index contributed by atoms with van der Waals surface area (Å²) in [5, 5.41) is 110. The van der Waals surface area contributed by atoms with Crippen molar-refractivity contribution in [2.45, 2.75) is 446 Å². The average Bonchev–Trinajstić information content (AvgIpc) is 0.762. The topological polar surface area (TPSA) is 374 Å². The van der Waals surface area contributed by atoms with Crippen molar-refractivity contribution in [2.75, 3.05) is 26.4 Å². The maximum Gasteiger partial charge on any atom is 0.472 e. The Labute approximate surface area is 619 Å². The minimum absolute atomic E-state index is 0.0338. The van der Waals surface area contributed by atoms with Crippen molar-refractivity contribution in [2.24, 2.45) is 5.92 Å². The van der Waals surface area contributed by atoms with E-state index in [1.807, 2.05) is 0 Å². The summed E-state index contributed by atoms with van der Waals surface area (Å²) in [6.45, 7) is 5.84. The maximum atomic E-state index is 14.4. The molecule has 0 aromatic carbocycles. The van der Waals surface area contributed by atoms with Crippen molar-refractivity contribution in [1.82, 2.24) is 0 Å². The van der Waals surface area contributed by atoms with Gasteiger partial charge in [0.15, 0.2) is 18.7 Å². The number of phosphoric acid groups is 1. The minimum Gasteiger partial charge on any atom is -0.463 e. The highest BCUT2D eigenvalue weighted by Crippen LogP contribution is 2.49. The highest BCUT2D eigenvalue weighted by molar-refractivity contribution is 7.47. The Kier molecular flexibility index (Phi) is 54.4. The van der Waals surface area contributed by atoms with Crippen molar-refractivity contribution >= 4 is 25.7 Å². The summed E-state index contributed by atoms with van der Waals surface area (Å²) in [4.78, 5) is 51.2. The van der Waals surface area contributed by atoms with Gasteiger partial charge in [-0.15, -0.1) is 0 Å². The van der Waals surface area contributed by atoms with Gasteiger partial charge in [0.2, 0.25) is 0 Å². The third-order valence-electron chi connectivity index (χ3n) is 20.8. The molecule has 19 unspecified atom stereocenters. The van der Waals surface area contributed by atoms with E-state index in [-0.39, 0.29) is 19.3 Å². The van der Waals surface area contributed by atoms with E-state index in [4.69, 9.17) is 42.2 Å². The number of aliphatic hydroxyl groups is 10. The van der Waals surface area contributed by atoms with Crippen molar-refractivity contribution in [3.05, 3.63) is 0 Å². The van der Waals surface area contributed by atoms with Gasteiger partial charge in [-0.3, -0.25) is 23.4 Å². The average molecular weight is 1500 g/mol. The first kappa shape index (κ1) is 95.2. The normalized spacial score (nSPS) is 27.1. The number of aliphatic hydroxyl groups excluding tert-OH is 10. The van der Waals surface area contributed by atoms with Crippen molar-refractivity contribution in [1.29, 1.82) is 0 Å². The lowest BCUT2D eigenvalue weighted by molar-refractivity contribution is -0.360. The molecule has 608 valence electrons. The van der Waals surface area contributed by atoms with Gasteiger partial charge in [0.25, 0.3) is 0 Å². The van der Waals surface area contributed by atoms with E-state index in [0.29, 0.717) is 25.2 Å². The number of rotatable bonds is 65. The van der Waals surface area contributed by atoms with Crippen LogP contribution in [0.2, 0.25) is 0 Å². The second-order valence-corrected chi connectivity index (χ2v) is 31.5. The van der Waals surface area contributed by atoms with E-state index in [1.54, 1.807) is 0 Å². The molecule has 1 aliphatic carbocycles. The summed E-state index contributed by atoms with van der Waals surface area (Å²) in [6.07, 6.45) is 17.1. The molecule has 0 amide bonds. The van der Waals surface area contributed by atoms with Gasteiger partial charge in [0.05, 0.1) is 13.2 Å². The van der Waals surface area contributed by atoms with E-state index >= 15 is 0 Å². The largest absolute Gasteiger partial charge is 0.472 e. The van der Waals surface area contributed by atoms with Crippen molar-refractivity contribution in [3.8, 4) is 0 Å². The van der Waals surface area contributed by atoms with Crippen LogP contribution in [0.1, 0.15) is 342 Å². The highest BCUT2D eigenvalue weighted by atomic mass is 31.2. The van der Waals surface area contributed by atoms with E-state index in [0.717, 1.165) is 96.3 Å². The van der Waals surface area contributed by atoms with Crippen LogP contribution in [-0.4, -0.2) is 204 Å². The molecular formula is C78H147O24P. The van der Waals surface area contributed by atoms with Crippen LogP contribution in [-0.2, 0) is 61.2 Å². The van der Waals surface area contributed by atoms with Crippen molar-refractivity contribution < 1.29 is 117 Å².